The van der Waals surface area contributed by atoms with Crippen LogP contribution in [0.15, 0.2) is 85.5 Å². The largest absolute Gasteiger partial charge is 0.307 e. The molecule has 3 aromatic carbocycles. The van der Waals surface area contributed by atoms with Crippen LogP contribution in [0.2, 0.25) is 0 Å². The summed E-state index contributed by atoms with van der Waals surface area (Å²) in [6, 6.07) is 18.6. The first-order valence-corrected chi connectivity index (χ1v) is 11.6. The minimum absolute atomic E-state index is 0. The van der Waals surface area contributed by atoms with Crippen LogP contribution >= 0.6 is 12.4 Å². The van der Waals surface area contributed by atoms with Gasteiger partial charge < -0.3 is 4.90 Å². The summed E-state index contributed by atoms with van der Waals surface area (Å²) >= 11 is 0. The number of halogens is 4. The lowest BCUT2D eigenvalue weighted by atomic mass is 9.96. The van der Waals surface area contributed by atoms with E-state index in [1.165, 1.54) is 41.3 Å². The molecule has 3 aromatic rings. The van der Waals surface area contributed by atoms with Crippen LogP contribution in [0.5, 0.6) is 0 Å². The van der Waals surface area contributed by atoms with E-state index in [0.29, 0.717) is 38.4 Å². The Balaban J connectivity index is 0.00000361. The number of carbonyl (C=O) groups excluding carboxylic acids is 1. The molecule has 0 bridgehead atoms. The molecule has 1 saturated heterocycles. The quantitative estimate of drug-likeness (QED) is 0.373. The van der Waals surface area contributed by atoms with Gasteiger partial charge in [-0.25, -0.2) is 13.2 Å². The van der Waals surface area contributed by atoms with Crippen molar-refractivity contribution in [2.75, 3.05) is 44.2 Å². The number of rotatable bonds is 8. The van der Waals surface area contributed by atoms with E-state index in [9.17, 15) is 18.0 Å². The van der Waals surface area contributed by atoms with Crippen LogP contribution in [0, 0.1) is 17.5 Å². The second kappa shape index (κ2) is 12.7. The van der Waals surface area contributed by atoms with Gasteiger partial charge in [-0.15, -0.1) is 19.0 Å². The van der Waals surface area contributed by atoms with E-state index in [1.807, 2.05) is 0 Å². The molecule has 4 nitrogen and oxygen atoms in total. The number of piperazine rings is 1. The van der Waals surface area contributed by atoms with Crippen molar-refractivity contribution >= 4 is 24.0 Å². The van der Waals surface area contributed by atoms with E-state index in [4.69, 9.17) is 0 Å². The second-order valence-corrected chi connectivity index (χ2v) is 8.59. The van der Waals surface area contributed by atoms with Gasteiger partial charge in [0.05, 0.1) is 12.6 Å². The molecule has 0 spiro atoms. The highest BCUT2D eigenvalue weighted by molar-refractivity contribution is 5.95. The summed E-state index contributed by atoms with van der Waals surface area (Å²) in [5.41, 5.74) is 2.35. The minimum atomic E-state index is -0.398. The molecular formula is C28H29ClF3N3O. The second-order valence-electron chi connectivity index (χ2n) is 8.59. The molecule has 1 fully saturated rings. The van der Waals surface area contributed by atoms with E-state index < -0.39 is 5.82 Å². The molecular weight excluding hydrogens is 487 g/mol. The van der Waals surface area contributed by atoms with Gasteiger partial charge >= 0.3 is 0 Å². The summed E-state index contributed by atoms with van der Waals surface area (Å²) in [4.78, 5) is 18.9. The molecule has 1 aliphatic heterocycles. The molecule has 0 saturated carbocycles. The van der Waals surface area contributed by atoms with Crippen molar-refractivity contribution < 1.29 is 18.0 Å². The van der Waals surface area contributed by atoms with Gasteiger partial charge in [-0.1, -0.05) is 36.4 Å². The van der Waals surface area contributed by atoms with Gasteiger partial charge in [0.1, 0.15) is 17.5 Å². The third-order valence-corrected chi connectivity index (χ3v) is 6.23. The Morgan fingerprint density at radius 2 is 1.42 bits per heavy atom. The van der Waals surface area contributed by atoms with E-state index in [1.54, 1.807) is 42.5 Å². The van der Waals surface area contributed by atoms with Gasteiger partial charge in [-0.2, -0.15) is 0 Å². The Labute approximate surface area is 216 Å². The lowest BCUT2D eigenvalue weighted by Gasteiger charge is -2.40. The van der Waals surface area contributed by atoms with E-state index >= 15 is 0 Å². The number of amides is 1. The van der Waals surface area contributed by atoms with Gasteiger partial charge in [-0.05, 0) is 53.6 Å². The number of carbonyl (C=O) groups is 1. The zero-order chi connectivity index (χ0) is 24.8. The van der Waals surface area contributed by atoms with Crippen LogP contribution in [0.1, 0.15) is 17.2 Å². The molecule has 0 atom stereocenters. The lowest BCUT2D eigenvalue weighted by molar-refractivity contribution is -0.120. The van der Waals surface area contributed by atoms with Gasteiger partial charge in [0.15, 0.2) is 0 Å². The topological polar surface area (TPSA) is 26.8 Å². The molecule has 190 valence electrons. The Morgan fingerprint density at radius 1 is 0.861 bits per heavy atom. The molecule has 1 heterocycles. The van der Waals surface area contributed by atoms with Crippen LogP contribution in [-0.4, -0.2) is 55.0 Å². The fourth-order valence-electron chi connectivity index (χ4n) is 4.48. The highest BCUT2D eigenvalue weighted by Gasteiger charge is 2.28. The van der Waals surface area contributed by atoms with E-state index in [2.05, 4.69) is 16.4 Å². The molecule has 0 aliphatic carbocycles. The van der Waals surface area contributed by atoms with Crippen LogP contribution in [0.25, 0.3) is 0 Å². The third kappa shape index (κ3) is 6.75. The van der Waals surface area contributed by atoms with Crippen LogP contribution in [0.3, 0.4) is 0 Å². The third-order valence-electron chi connectivity index (χ3n) is 6.23. The molecule has 8 heteroatoms. The highest BCUT2D eigenvalue weighted by atomic mass is 35.5. The molecule has 0 radical (unpaired) electrons. The van der Waals surface area contributed by atoms with Crippen LogP contribution < -0.4 is 4.90 Å². The normalized spacial score (nSPS) is 14.3. The standard InChI is InChI=1S/C28H28F3N3O.ClH/c1-2-14-34(26-5-3-4-25(31)19-26)27(35)20-32-15-17-33(18-16-32)28(21-6-10-23(29)11-7-21)22-8-12-24(30)13-9-22;/h2-13,19,28H,1,14-18,20H2;1H. The maximum atomic E-state index is 13.7. The molecule has 4 rings (SSSR count). The van der Waals surface area contributed by atoms with Gasteiger partial charge in [0.2, 0.25) is 5.91 Å². The molecule has 0 N–H and O–H groups in total. The summed E-state index contributed by atoms with van der Waals surface area (Å²) in [6.45, 7) is 6.86. The van der Waals surface area contributed by atoms with Crippen LogP contribution in [0.4, 0.5) is 18.9 Å². The maximum absolute atomic E-state index is 13.7. The van der Waals surface area contributed by atoms with Crippen molar-refractivity contribution in [1.29, 1.82) is 0 Å². The number of benzene rings is 3. The summed E-state index contributed by atoms with van der Waals surface area (Å²) in [5, 5.41) is 0. The van der Waals surface area contributed by atoms with Gasteiger partial charge in [0.25, 0.3) is 0 Å². The van der Waals surface area contributed by atoms with Crippen molar-refractivity contribution in [2.45, 2.75) is 6.04 Å². The number of nitrogens with zero attached hydrogens (tertiary/aromatic N) is 3. The zero-order valence-electron chi connectivity index (χ0n) is 19.8. The Morgan fingerprint density at radius 3 is 1.92 bits per heavy atom. The van der Waals surface area contributed by atoms with Crippen molar-refractivity contribution in [3.05, 3.63) is 114 Å². The predicted octanol–water partition coefficient (Wildman–Crippen LogP) is 5.45. The Kier molecular flexibility index (Phi) is 9.70. The summed E-state index contributed by atoms with van der Waals surface area (Å²) in [6.07, 6.45) is 1.62. The van der Waals surface area contributed by atoms with E-state index in [-0.39, 0.29) is 42.5 Å². The summed E-state index contributed by atoms with van der Waals surface area (Å²) in [5.74, 6) is -1.14. The lowest BCUT2D eigenvalue weighted by Crippen LogP contribution is -2.51. The van der Waals surface area contributed by atoms with Crippen molar-refractivity contribution in [2.24, 2.45) is 0 Å². The van der Waals surface area contributed by atoms with Gasteiger partial charge in [-0.3, -0.25) is 14.6 Å². The first-order chi connectivity index (χ1) is 16.9. The first-order valence-electron chi connectivity index (χ1n) is 11.6. The SMILES string of the molecule is C=CCN(C(=O)CN1CCN(C(c2ccc(F)cc2)c2ccc(F)cc2)CC1)c1cccc(F)c1.Cl. The van der Waals surface area contributed by atoms with Crippen molar-refractivity contribution in [1.82, 2.24) is 9.80 Å². The molecule has 1 aliphatic rings. The molecule has 36 heavy (non-hydrogen) atoms. The fourth-order valence-corrected chi connectivity index (χ4v) is 4.48. The average Bonchev–Trinajstić information content (AvgIpc) is 2.86. The number of hydrogen-bond donors (Lipinski definition) is 0. The van der Waals surface area contributed by atoms with Crippen LogP contribution in [-0.2, 0) is 4.79 Å². The minimum Gasteiger partial charge on any atom is -0.307 e. The van der Waals surface area contributed by atoms with Crippen molar-refractivity contribution in [3.63, 3.8) is 0 Å². The average molecular weight is 516 g/mol. The Bertz CT molecular complexity index is 1100. The summed E-state index contributed by atoms with van der Waals surface area (Å²) < 4.78 is 40.8. The molecule has 0 unspecified atom stereocenters. The highest BCUT2D eigenvalue weighted by Crippen LogP contribution is 2.30. The number of hydrogen-bond acceptors (Lipinski definition) is 3. The van der Waals surface area contributed by atoms with Gasteiger partial charge in [0, 0.05) is 38.4 Å². The fraction of sp³-hybridized carbons (Fsp3) is 0.250. The molecule has 1 amide bonds. The first kappa shape index (κ1) is 27.5. The zero-order valence-corrected chi connectivity index (χ0v) is 20.6. The number of anilines is 1. The summed E-state index contributed by atoms with van der Waals surface area (Å²) in [7, 11) is 0. The Hall–Kier alpha value is -3.13. The van der Waals surface area contributed by atoms with Crippen molar-refractivity contribution in [3.8, 4) is 0 Å². The monoisotopic (exact) mass is 515 g/mol. The van der Waals surface area contributed by atoms with E-state index in [0.717, 1.165) is 11.1 Å². The smallest absolute Gasteiger partial charge is 0.241 e. The molecule has 0 aromatic heterocycles. The predicted molar refractivity (Wildman–Crippen MR) is 139 cm³/mol. The maximum Gasteiger partial charge on any atom is 0.241 e.